The smallest absolute Gasteiger partial charge is 0.295 e. The summed E-state index contributed by atoms with van der Waals surface area (Å²) in [5, 5.41) is 3.12. The van der Waals surface area contributed by atoms with E-state index in [1.54, 1.807) is 30.3 Å². The van der Waals surface area contributed by atoms with Crippen LogP contribution in [0, 0.1) is 13.8 Å². The summed E-state index contributed by atoms with van der Waals surface area (Å²) in [6, 6.07) is 15.6. The number of hydrogen-bond donors (Lipinski definition) is 3. The largest absolute Gasteiger partial charge is 0.489 e. The number of ether oxygens (including phenoxy) is 1. The highest BCUT2D eigenvalue weighted by atomic mass is 32.2. The van der Waals surface area contributed by atoms with Gasteiger partial charge in [0.1, 0.15) is 17.9 Å². The fourth-order valence-electron chi connectivity index (χ4n) is 2.87. The Balaban J connectivity index is 0.000000275. The molecule has 4 aromatic rings. The Morgan fingerprint density at radius 1 is 1.17 bits per heavy atom. The van der Waals surface area contributed by atoms with Crippen molar-refractivity contribution in [2.24, 2.45) is 5.73 Å². The summed E-state index contributed by atoms with van der Waals surface area (Å²) in [5.74, 6) is 0.561. The third-order valence-electron chi connectivity index (χ3n) is 4.94. The zero-order chi connectivity index (χ0) is 26.1. The molecule has 0 aliphatic carbocycles. The van der Waals surface area contributed by atoms with Crippen LogP contribution in [0.4, 0.5) is 10.4 Å². The van der Waals surface area contributed by atoms with Crippen molar-refractivity contribution in [1.29, 1.82) is 0 Å². The van der Waals surface area contributed by atoms with Crippen molar-refractivity contribution in [2.45, 2.75) is 25.3 Å². The van der Waals surface area contributed by atoms with Gasteiger partial charge in [-0.2, -0.15) is 13.4 Å². The van der Waals surface area contributed by atoms with Crippen molar-refractivity contribution < 1.29 is 26.5 Å². The minimum atomic E-state index is -4.02. The second kappa shape index (κ2) is 12.2. The van der Waals surface area contributed by atoms with Crippen LogP contribution in [-0.2, 0) is 16.7 Å². The van der Waals surface area contributed by atoms with Crippen LogP contribution in [0.2, 0.25) is 0 Å². The van der Waals surface area contributed by atoms with Crippen molar-refractivity contribution in [3.8, 4) is 5.75 Å². The highest BCUT2D eigenvalue weighted by Gasteiger charge is 2.08. The van der Waals surface area contributed by atoms with Crippen molar-refractivity contribution >= 4 is 27.2 Å². The number of halogens is 1. The third kappa shape index (κ3) is 7.87. The molecular weight excluding hydrogens is 487 g/mol. The number of nitrogens with one attached hydrogen (secondary N) is 1. The van der Waals surface area contributed by atoms with Crippen molar-refractivity contribution in [1.82, 2.24) is 9.97 Å². The molecule has 11 heteroatoms. The zero-order valence-corrected chi connectivity index (χ0v) is 20.6. The van der Waals surface area contributed by atoms with Crippen molar-refractivity contribution in [2.75, 3.05) is 18.5 Å². The van der Waals surface area contributed by atoms with Gasteiger partial charge in [0, 0.05) is 36.6 Å². The molecular formula is C25H27FN4O5S. The van der Waals surface area contributed by atoms with Gasteiger partial charge in [-0.05, 0) is 49.7 Å². The predicted molar refractivity (Wildman–Crippen MR) is 135 cm³/mol. The quantitative estimate of drug-likeness (QED) is 0.288. The molecule has 2 aromatic carbocycles. The lowest BCUT2D eigenvalue weighted by atomic mass is 10.2. The molecule has 0 aliphatic rings. The summed E-state index contributed by atoms with van der Waals surface area (Å²) >= 11 is 0. The van der Waals surface area contributed by atoms with Crippen LogP contribution in [-0.4, -0.2) is 36.1 Å². The maximum atomic E-state index is 12.5. The number of rotatable bonds is 8. The standard InChI is InChI=1S/C18H19FN4O2.C7H8O3S/c1-12-2-3-13(9-21-12)10-22-18-23-16-5-4-15(6-17(16)25-18)24-11-14(7-19)8-20;1-6-2-4-7(5-3-6)11(8,9)10/h2-7,9H,8,10-11,20H2,1H3,(H,22,23);2-5H,1H3,(H,8,9,10). The first-order valence-electron chi connectivity index (χ1n) is 10.9. The number of nitrogens with two attached hydrogens (primary N) is 1. The Kier molecular flexibility index (Phi) is 9.12. The van der Waals surface area contributed by atoms with Gasteiger partial charge in [0.2, 0.25) is 0 Å². The molecule has 190 valence electrons. The maximum absolute atomic E-state index is 12.5. The molecule has 0 atom stereocenters. The molecule has 0 fully saturated rings. The van der Waals surface area contributed by atoms with Gasteiger partial charge in [-0.1, -0.05) is 23.8 Å². The summed E-state index contributed by atoms with van der Waals surface area (Å²) in [7, 11) is -4.02. The van der Waals surface area contributed by atoms with E-state index in [0.717, 1.165) is 16.8 Å². The first-order chi connectivity index (χ1) is 17.2. The van der Waals surface area contributed by atoms with E-state index in [1.165, 1.54) is 12.1 Å². The Hall–Kier alpha value is -3.80. The summed E-state index contributed by atoms with van der Waals surface area (Å²) < 4.78 is 53.2. The molecule has 4 N–H and O–H groups in total. The molecule has 0 saturated carbocycles. The lowest BCUT2D eigenvalue weighted by molar-refractivity contribution is 0.347. The van der Waals surface area contributed by atoms with Crippen LogP contribution >= 0.6 is 0 Å². The number of nitrogens with zero attached hydrogens (tertiary/aromatic N) is 2. The Bertz CT molecular complexity index is 1420. The van der Waals surface area contributed by atoms with Gasteiger partial charge < -0.3 is 20.2 Å². The Morgan fingerprint density at radius 3 is 2.53 bits per heavy atom. The number of oxazole rings is 1. The fraction of sp³-hybridized carbons (Fsp3) is 0.200. The van der Waals surface area contributed by atoms with Gasteiger partial charge >= 0.3 is 0 Å². The molecule has 9 nitrogen and oxygen atoms in total. The first-order valence-corrected chi connectivity index (χ1v) is 12.3. The number of pyridine rings is 1. The summed E-state index contributed by atoms with van der Waals surface area (Å²) in [5.41, 5.74) is 10.0. The highest BCUT2D eigenvalue weighted by Crippen LogP contribution is 2.24. The van der Waals surface area contributed by atoms with E-state index in [1.807, 2.05) is 32.2 Å². The molecule has 0 bridgehead atoms. The van der Waals surface area contributed by atoms with Crippen LogP contribution in [0.3, 0.4) is 0 Å². The predicted octanol–water partition coefficient (Wildman–Crippen LogP) is 4.58. The zero-order valence-electron chi connectivity index (χ0n) is 19.8. The average molecular weight is 515 g/mol. The molecule has 0 saturated heterocycles. The second-order valence-corrected chi connectivity index (χ2v) is 9.28. The maximum Gasteiger partial charge on any atom is 0.295 e. The summed E-state index contributed by atoms with van der Waals surface area (Å²) in [6.45, 7) is 4.55. The third-order valence-corrected chi connectivity index (χ3v) is 5.80. The van der Waals surface area contributed by atoms with Gasteiger partial charge in [-0.3, -0.25) is 9.54 Å². The van der Waals surface area contributed by atoms with Crippen molar-refractivity contribution in [3.63, 3.8) is 0 Å². The number of benzene rings is 2. The fourth-order valence-corrected chi connectivity index (χ4v) is 3.35. The van der Waals surface area contributed by atoms with Gasteiger partial charge in [-0.25, -0.2) is 4.39 Å². The lowest BCUT2D eigenvalue weighted by Gasteiger charge is -2.06. The molecule has 0 radical (unpaired) electrons. The van der Waals surface area contributed by atoms with E-state index in [0.29, 0.717) is 41.3 Å². The summed E-state index contributed by atoms with van der Waals surface area (Å²) in [4.78, 5) is 8.55. The molecule has 0 spiro atoms. The molecule has 4 rings (SSSR count). The molecule has 36 heavy (non-hydrogen) atoms. The highest BCUT2D eigenvalue weighted by molar-refractivity contribution is 7.85. The van der Waals surface area contributed by atoms with Crippen LogP contribution in [0.25, 0.3) is 11.1 Å². The number of aromatic nitrogens is 2. The minimum absolute atomic E-state index is 0.0666. The second-order valence-electron chi connectivity index (χ2n) is 7.86. The van der Waals surface area contributed by atoms with E-state index < -0.39 is 10.1 Å². The molecule has 0 amide bonds. The monoisotopic (exact) mass is 514 g/mol. The lowest BCUT2D eigenvalue weighted by Crippen LogP contribution is -2.10. The molecule has 2 aromatic heterocycles. The molecule has 0 unspecified atom stereocenters. The van der Waals surface area contributed by atoms with Gasteiger partial charge in [0.25, 0.3) is 16.1 Å². The number of hydrogen-bond acceptors (Lipinski definition) is 8. The van der Waals surface area contributed by atoms with Gasteiger partial charge in [-0.15, -0.1) is 0 Å². The van der Waals surface area contributed by atoms with Crippen LogP contribution in [0.15, 0.2) is 82.0 Å². The minimum Gasteiger partial charge on any atom is -0.489 e. The van der Waals surface area contributed by atoms with E-state index in [4.69, 9.17) is 19.4 Å². The number of fused-ring (bicyclic) bond motifs is 1. The van der Waals surface area contributed by atoms with E-state index in [2.05, 4.69) is 15.3 Å². The van der Waals surface area contributed by atoms with Gasteiger partial charge in [0.15, 0.2) is 5.58 Å². The summed E-state index contributed by atoms with van der Waals surface area (Å²) in [6.07, 6.45) is 2.28. The van der Waals surface area contributed by atoms with E-state index in [9.17, 15) is 12.8 Å². The SMILES string of the molecule is Cc1ccc(CNc2nc3ccc(OCC(=CF)CN)cc3o2)cn1.Cc1ccc(S(=O)(=O)O)cc1. The van der Waals surface area contributed by atoms with Crippen LogP contribution < -0.4 is 15.8 Å². The van der Waals surface area contributed by atoms with E-state index in [-0.39, 0.29) is 18.0 Å². The van der Waals surface area contributed by atoms with Gasteiger partial charge in [0.05, 0.1) is 11.2 Å². The van der Waals surface area contributed by atoms with Crippen LogP contribution in [0.1, 0.15) is 16.8 Å². The topological polar surface area (TPSA) is 141 Å². The average Bonchev–Trinajstić information content (AvgIpc) is 3.27. The Morgan fingerprint density at radius 2 is 1.92 bits per heavy atom. The van der Waals surface area contributed by atoms with E-state index >= 15 is 0 Å². The van der Waals surface area contributed by atoms with Crippen molar-refractivity contribution in [3.05, 3.63) is 89.5 Å². The first kappa shape index (κ1) is 26.8. The Labute approximate surface area is 208 Å². The molecule has 0 aliphatic heterocycles. The normalized spacial score (nSPS) is 11.6. The number of anilines is 1. The molecule has 2 heterocycles. The number of aryl methyl sites for hydroxylation is 2. The van der Waals surface area contributed by atoms with Crippen LogP contribution in [0.5, 0.6) is 5.75 Å².